The van der Waals surface area contributed by atoms with Crippen molar-refractivity contribution in [1.29, 1.82) is 0 Å². The maximum Gasteiger partial charge on any atom is 0.186 e. The molecule has 0 fully saturated rings. The SMILES string of the molecule is O=CC1c2ccc(O)cc2CCN1c1nccs1. The van der Waals surface area contributed by atoms with Gasteiger partial charge in [0.15, 0.2) is 5.13 Å². The maximum atomic E-state index is 11.4. The fourth-order valence-electron chi connectivity index (χ4n) is 2.36. The number of aromatic hydroxyl groups is 1. The summed E-state index contributed by atoms with van der Waals surface area (Å²) in [6.45, 7) is 0.743. The van der Waals surface area contributed by atoms with Crippen LogP contribution in [0.15, 0.2) is 29.8 Å². The van der Waals surface area contributed by atoms with Crippen LogP contribution in [0.1, 0.15) is 17.2 Å². The summed E-state index contributed by atoms with van der Waals surface area (Å²) in [6.07, 6.45) is 3.50. The highest BCUT2D eigenvalue weighted by molar-refractivity contribution is 7.13. The first-order chi connectivity index (χ1) is 8.79. The summed E-state index contributed by atoms with van der Waals surface area (Å²) < 4.78 is 0. The Morgan fingerprint density at radius 3 is 3.11 bits per heavy atom. The average molecular weight is 260 g/mol. The number of benzene rings is 1. The molecule has 1 N–H and O–H groups in total. The molecule has 0 bridgehead atoms. The molecule has 0 amide bonds. The highest BCUT2D eigenvalue weighted by Gasteiger charge is 2.28. The maximum absolute atomic E-state index is 11.4. The number of hydrogen-bond donors (Lipinski definition) is 1. The van der Waals surface area contributed by atoms with Gasteiger partial charge in [-0.25, -0.2) is 4.98 Å². The second-order valence-electron chi connectivity index (χ2n) is 4.22. The van der Waals surface area contributed by atoms with Gasteiger partial charge in [-0.05, 0) is 29.7 Å². The fraction of sp³-hybridized carbons (Fsp3) is 0.231. The molecule has 1 aromatic heterocycles. The lowest BCUT2D eigenvalue weighted by Crippen LogP contribution is -2.36. The van der Waals surface area contributed by atoms with Crippen LogP contribution in [-0.4, -0.2) is 22.9 Å². The Morgan fingerprint density at radius 1 is 1.50 bits per heavy atom. The second-order valence-corrected chi connectivity index (χ2v) is 5.10. The first-order valence-corrected chi connectivity index (χ1v) is 6.61. The molecule has 92 valence electrons. The number of aromatic nitrogens is 1. The molecular weight excluding hydrogens is 248 g/mol. The second kappa shape index (κ2) is 4.42. The molecule has 5 heteroatoms. The average Bonchev–Trinajstić information content (AvgIpc) is 2.90. The van der Waals surface area contributed by atoms with Crippen LogP contribution in [0.2, 0.25) is 0 Å². The summed E-state index contributed by atoms with van der Waals surface area (Å²) in [6, 6.07) is 4.88. The van der Waals surface area contributed by atoms with Gasteiger partial charge in [0.2, 0.25) is 0 Å². The van der Waals surface area contributed by atoms with Crippen molar-refractivity contribution in [1.82, 2.24) is 4.98 Å². The van der Waals surface area contributed by atoms with Crippen molar-refractivity contribution in [2.75, 3.05) is 11.4 Å². The van der Waals surface area contributed by atoms with E-state index in [0.717, 1.165) is 35.5 Å². The molecule has 0 aliphatic carbocycles. The number of rotatable bonds is 2. The van der Waals surface area contributed by atoms with E-state index >= 15 is 0 Å². The normalized spacial score (nSPS) is 18.4. The zero-order valence-electron chi connectivity index (χ0n) is 9.61. The molecule has 1 unspecified atom stereocenters. The topological polar surface area (TPSA) is 53.4 Å². The van der Waals surface area contributed by atoms with Crippen molar-refractivity contribution < 1.29 is 9.90 Å². The minimum atomic E-state index is -0.305. The van der Waals surface area contributed by atoms with Gasteiger partial charge in [-0.2, -0.15) is 0 Å². The third kappa shape index (κ3) is 1.76. The number of carbonyl (C=O) groups is 1. The van der Waals surface area contributed by atoms with Crippen molar-refractivity contribution in [2.24, 2.45) is 0 Å². The lowest BCUT2D eigenvalue weighted by atomic mass is 9.93. The van der Waals surface area contributed by atoms with E-state index < -0.39 is 0 Å². The Morgan fingerprint density at radius 2 is 2.39 bits per heavy atom. The summed E-state index contributed by atoms with van der Waals surface area (Å²) in [5.74, 6) is 0.251. The van der Waals surface area contributed by atoms with Crippen LogP contribution in [0.25, 0.3) is 0 Å². The minimum absolute atomic E-state index is 0.251. The van der Waals surface area contributed by atoms with Gasteiger partial charge in [0.05, 0.1) is 0 Å². The van der Waals surface area contributed by atoms with Gasteiger partial charge in [0.1, 0.15) is 18.1 Å². The van der Waals surface area contributed by atoms with Gasteiger partial charge < -0.3 is 14.8 Å². The first kappa shape index (κ1) is 11.2. The van der Waals surface area contributed by atoms with E-state index in [0.29, 0.717) is 0 Å². The van der Waals surface area contributed by atoms with E-state index in [4.69, 9.17) is 0 Å². The molecule has 0 spiro atoms. The summed E-state index contributed by atoms with van der Waals surface area (Å²) >= 11 is 1.53. The van der Waals surface area contributed by atoms with Gasteiger partial charge in [-0.15, -0.1) is 11.3 Å². The van der Waals surface area contributed by atoms with E-state index in [-0.39, 0.29) is 11.8 Å². The van der Waals surface area contributed by atoms with Crippen molar-refractivity contribution in [3.63, 3.8) is 0 Å². The molecule has 0 radical (unpaired) electrons. The standard InChI is InChI=1S/C13H12N2O2S/c16-8-12-11-2-1-10(17)7-9(11)3-5-15(12)13-14-4-6-18-13/h1-2,4,6-8,12,17H,3,5H2. The molecule has 18 heavy (non-hydrogen) atoms. The Kier molecular flexibility index (Phi) is 2.76. The minimum Gasteiger partial charge on any atom is -0.508 e. The van der Waals surface area contributed by atoms with Crippen molar-refractivity contribution >= 4 is 22.8 Å². The van der Waals surface area contributed by atoms with Crippen LogP contribution in [0.5, 0.6) is 5.75 Å². The van der Waals surface area contributed by atoms with Gasteiger partial charge in [-0.1, -0.05) is 6.07 Å². The molecule has 1 aliphatic rings. The molecule has 2 aromatic rings. The molecule has 0 saturated carbocycles. The van der Waals surface area contributed by atoms with Gasteiger partial charge in [0, 0.05) is 18.1 Å². The van der Waals surface area contributed by atoms with Gasteiger partial charge >= 0.3 is 0 Å². The molecule has 2 heterocycles. The van der Waals surface area contributed by atoms with Gasteiger partial charge in [-0.3, -0.25) is 0 Å². The number of thiazole rings is 1. The number of phenols is 1. The largest absolute Gasteiger partial charge is 0.508 e. The molecule has 1 aliphatic heterocycles. The van der Waals surface area contributed by atoms with E-state index in [9.17, 15) is 9.90 Å². The summed E-state index contributed by atoms with van der Waals surface area (Å²) in [7, 11) is 0. The number of nitrogens with zero attached hydrogens (tertiary/aromatic N) is 2. The van der Waals surface area contributed by atoms with Crippen LogP contribution < -0.4 is 4.90 Å². The number of phenolic OH excluding ortho intramolecular Hbond substituents is 1. The monoisotopic (exact) mass is 260 g/mol. The van der Waals surface area contributed by atoms with E-state index in [1.807, 2.05) is 16.3 Å². The van der Waals surface area contributed by atoms with E-state index in [2.05, 4.69) is 4.98 Å². The highest BCUT2D eigenvalue weighted by Crippen LogP contribution is 2.34. The molecular formula is C13H12N2O2S. The molecule has 0 saturated heterocycles. The predicted molar refractivity (Wildman–Crippen MR) is 70.1 cm³/mol. The zero-order chi connectivity index (χ0) is 12.5. The molecule has 4 nitrogen and oxygen atoms in total. The summed E-state index contributed by atoms with van der Waals surface area (Å²) in [4.78, 5) is 17.7. The molecule has 3 rings (SSSR count). The Balaban J connectivity index is 2.03. The third-order valence-electron chi connectivity index (χ3n) is 3.20. The Hall–Kier alpha value is -1.88. The van der Waals surface area contributed by atoms with Crippen LogP contribution in [-0.2, 0) is 11.2 Å². The Bertz CT molecular complexity index is 568. The van der Waals surface area contributed by atoms with Crippen LogP contribution in [0.4, 0.5) is 5.13 Å². The van der Waals surface area contributed by atoms with Crippen molar-refractivity contribution in [3.8, 4) is 5.75 Å². The van der Waals surface area contributed by atoms with Crippen LogP contribution in [0.3, 0.4) is 0 Å². The number of aldehydes is 1. The number of hydrogen-bond acceptors (Lipinski definition) is 5. The van der Waals surface area contributed by atoms with Crippen LogP contribution in [0, 0.1) is 0 Å². The predicted octanol–water partition coefficient (Wildman–Crippen LogP) is 2.15. The van der Waals surface area contributed by atoms with Crippen molar-refractivity contribution in [3.05, 3.63) is 40.9 Å². The number of carbonyl (C=O) groups excluding carboxylic acids is 1. The lowest BCUT2D eigenvalue weighted by molar-refractivity contribution is -0.109. The quantitative estimate of drug-likeness (QED) is 0.841. The Labute approximate surface area is 109 Å². The molecule has 1 atom stereocenters. The van der Waals surface area contributed by atoms with Gasteiger partial charge in [0.25, 0.3) is 0 Å². The highest BCUT2D eigenvalue weighted by atomic mass is 32.1. The fourth-order valence-corrected chi connectivity index (χ4v) is 3.07. The van der Waals surface area contributed by atoms with E-state index in [1.165, 1.54) is 11.3 Å². The molecule has 1 aromatic carbocycles. The summed E-state index contributed by atoms with van der Waals surface area (Å²) in [5.41, 5.74) is 2.00. The van der Waals surface area contributed by atoms with Crippen molar-refractivity contribution in [2.45, 2.75) is 12.5 Å². The first-order valence-electron chi connectivity index (χ1n) is 5.73. The van der Waals surface area contributed by atoms with E-state index in [1.54, 1.807) is 18.3 Å². The smallest absolute Gasteiger partial charge is 0.186 e. The number of anilines is 1. The summed E-state index contributed by atoms with van der Waals surface area (Å²) in [5, 5.41) is 12.3. The lowest BCUT2D eigenvalue weighted by Gasteiger charge is -2.34. The zero-order valence-corrected chi connectivity index (χ0v) is 10.4. The number of fused-ring (bicyclic) bond motifs is 1. The third-order valence-corrected chi connectivity index (χ3v) is 4.01. The van der Waals surface area contributed by atoms with Crippen LogP contribution >= 0.6 is 11.3 Å².